The number of hydrogen-bond acceptors (Lipinski definition) is 5. The van der Waals surface area contributed by atoms with Gasteiger partial charge in [-0.1, -0.05) is 0 Å². The number of rotatable bonds is 4. The van der Waals surface area contributed by atoms with Crippen LogP contribution < -0.4 is 5.32 Å². The van der Waals surface area contributed by atoms with Gasteiger partial charge in [0.25, 0.3) is 5.91 Å². The molecule has 0 unspecified atom stereocenters. The SMILES string of the molecule is Cn1cc(C(=O)N[C@@H]2CCO[C@]3(CCN(Cc4ccoc4)C3)C2)cn1. The van der Waals surface area contributed by atoms with E-state index in [9.17, 15) is 4.79 Å². The van der Waals surface area contributed by atoms with Gasteiger partial charge in [-0.3, -0.25) is 14.4 Å². The number of aromatic nitrogens is 2. The summed E-state index contributed by atoms with van der Waals surface area (Å²) in [5.74, 6) is -0.0524. The van der Waals surface area contributed by atoms with Crippen molar-refractivity contribution >= 4 is 5.91 Å². The van der Waals surface area contributed by atoms with Gasteiger partial charge in [0.1, 0.15) is 0 Å². The van der Waals surface area contributed by atoms with Crippen LogP contribution in [-0.4, -0.2) is 51.9 Å². The van der Waals surface area contributed by atoms with Gasteiger partial charge in [0.2, 0.25) is 0 Å². The van der Waals surface area contributed by atoms with E-state index in [4.69, 9.17) is 9.15 Å². The molecule has 2 aromatic rings. The maximum Gasteiger partial charge on any atom is 0.254 e. The number of hydrogen-bond donors (Lipinski definition) is 1. The van der Waals surface area contributed by atoms with E-state index in [-0.39, 0.29) is 17.6 Å². The van der Waals surface area contributed by atoms with Crippen LogP contribution in [0.4, 0.5) is 0 Å². The highest BCUT2D eigenvalue weighted by Gasteiger charge is 2.43. The monoisotopic (exact) mass is 344 g/mol. The smallest absolute Gasteiger partial charge is 0.254 e. The lowest BCUT2D eigenvalue weighted by molar-refractivity contribution is -0.0793. The molecule has 0 radical (unpaired) electrons. The van der Waals surface area contributed by atoms with Gasteiger partial charge in [-0.2, -0.15) is 5.10 Å². The van der Waals surface area contributed by atoms with E-state index in [0.29, 0.717) is 12.2 Å². The molecule has 0 aliphatic carbocycles. The first-order valence-electron chi connectivity index (χ1n) is 8.79. The van der Waals surface area contributed by atoms with E-state index >= 15 is 0 Å². The molecule has 4 heterocycles. The molecule has 134 valence electrons. The lowest BCUT2D eigenvalue weighted by Gasteiger charge is -2.38. The molecule has 1 spiro atoms. The van der Waals surface area contributed by atoms with E-state index in [2.05, 4.69) is 15.3 Å². The Morgan fingerprint density at radius 1 is 1.52 bits per heavy atom. The fraction of sp³-hybridized carbons (Fsp3) is 0.556. The average Bonchev–Trinajstić information content (AvgIpc) is 3.31. The largest absolute Gasteiger partial charge is 0.472 e. The molecule has 0 bridgehead atoms. The van der Waals surface area contributed by atoms with E-state index in [1.165, 1.54) is 5.56 Å². The molecule has 7 nitrogen and oxygen atoms in total. The van der Waals surface area contributed by atoms with Crippen LogP contribution in [0.15, 0.2) is 35.4 Å². The number of nitrogens with zero attached hydrogens (tertiary/aromatic N) is 3. The summed E-state index contributed by atoms with van der Waals surface area (Å²) in [6, 6.07) is 2.15. The Kier molecular flexibility index (Phi) is 4.35. The van der Waals surface area contributed by atoms with Crippen LogP contribution >= 0.6 is 0 Å². The topological polar surface area (TPSA) is 72.5 Å². The van der Waals surface area contributed by atoms with Gasteiger partial charge in [0, 0.05) is 51.1 Å². The molecule has 2 aromatic heterocycles. The predicted octanol–water partition coefficient (Wildman–Crippen LogP) is 1.57. The first-order valence-corrected chi connectivity index (χ1v) is 8.79. The van der Waals surface area contributed by atoms with E-state index in [0.717, 1.165) is 38.9 Å². The van der Waals surface area contributed by atoms with Crippen LogP contribution in [0, 0.1) is 0 Å². The van der Waals surface area contributed by atoms with Crippen LogP contribution in [0.3, 0.4) is 0 Å². The van der Waals surface area contributed by atoms with Crippen molar-refractivity contribution in [3.05, 3.63) is 42.1 Å². The zero-order valence-corrected chi connectivity index (χ0v) is 14.5. The second-order valence-corrected chi connectivity index (χ2v) is 7.19. The molecule has 2 saturated heterocycles. The third-order valence-electron chi connectivity index (χ3n) is 5.18. The van der Waals surface area contributed by atoms with Crippen LogP contribution in [-0.2, 0) is 18.3 Å². The molecular weight excluding hydrogens is 320 g/mol. The predicted molar refractivity (Wildman–Crippen MR) is 91.0 cm³/mol. The molecule has 2 aliphatic rings. The fourth-order valence-corrected chi connectivity index (χ4v) is 3.95. The van der Waals surface area contributed by atoms with Crippen molar-refractivity contribution in [1.82, 2.24) is 20.0 Å². The van der Waals surface area contributed by atoms with E-state index < -0.39 is 0 Å². The normalized spacial score (nSPS) is 27.0. The zero-order chi connectivity index (χ0) is 17.3. The number of likely N-dealkylation sites (tertiary alicyclic amines) is 1. The Morgan fingerprint density at radius 3 is 3.20 bits per heavy atom. The van der Waals surface area contributed by atoms with Crippen molar-refractivity contribution in [1.29, 1.82) is 0 Å². The molecule has 1 N–H and O–H groups in total. The molecule has 2 aliphatic heterocycles. The van der Waals surface area contributed by atoms with Gasteiger partial charge in [-0.15, -0.1) is 0 Å². The second kappa shape index (κ2) is 6.65. The summed E-state index contributed by atoms with van der Waals surface area (Å²) >= 11 is 0. The number of carbonyl (C=O) groups is 1. The van der Waals surface area contributed by atoms with Gasteiger partial charge in [-0.25, -0.2) is 0 Å². The van der Waals surface area contributed by atoms with E-state index in [1.54, 1.807) is 29.6 Å². The van der Waals surface area contributed by atoms with Crippen molar-refractivity contribution in [2.45, 2.75) is 37.5 Å². The van der Waals surface area contributed by atoms with E-state index in [1.807, 2.05) is 13.1 Å². The highest BCUT2D eigenvalue weighted by atomic mass is 16.5. The summed E-state index contributed by atoms with van der Waals surface area (Å²) in [4.78, 5) is 14.8. The van der Waals surface area contributed by atoms with Crippen molar-refractivity contribution in [3.8, 4) is 0 Å². The minimum Gasteiger partial charge on any atom is -0.472 e. The summed E-state index contributed by atoms with van der Waals surface area (Å²) in [7, 11) is 1.81. The minimum atomic E-state index is -0.144. The first kappa shape index (κ1) is 16.4. The van der Waals surface area contributed by atoms with Gasteiger partial charge in [0.15, 0.2) is 0 Å². The van der Waals surface area contributed by atoms with Gasteiger partial charge < -0.3 is 14.5 Å². The maximum atomic E-state index is 12.4. The summed E-state index contributed by atoms with van der Waals surface area (Å²) in [6.07, 6.45) is 9.58. The Labute approximate surface area is 146 Å². The third kappa shape index (κ3) is 3.62. The number of nitrogens with one attached hydrogen (secondary N) is 1. The molecule has 2 atom stereocenters. The quantitative estimate of drug-likeness (QED) is 0.911. The molecule has 25 heavy (non-hydrogen) atoms. The van der Waals surface area contributed by atoms with Crippen molar-refractivity contribution in [2.75, 3.05) is 19.7 Å². The Bertz CT molecular complexity index is 727. The zero-order valence-electron chi connectivity index (χ0n) is 14.5. The van der Waals surface area contributed by atoms with Gasteiger partial charge >= 0.3 is 0 Å². The summed E-state index contributed by atoms with van der Waals surface area (Å²) < 4.78 is 13.0. The van der Waals surface area contributed by atoms with Crippen molar-refractivity contribution < 1.29 is 13.9 Å². The summed E-state index contributed by atoms with van der Waals surface area (Å²) in [5, 5.41) is 7.22. The number of furan rings is 1. The summed E-state index contributed by atoms with van der Waals surface area (Å²) in [5.41, 5.74) is 1.65. The Balaban J connectivity index is 1.35. The Morgan fingerprint density at radius 2 is 2.44 bits per heavy atom. The number of aryl methyl sites for hydroxylation is 1. The molecule has 7 heteroatoms. The van der Waals surface area contributed by atoms with Gasteiger partial charge in [0.05, 0.1) is 29.9 Å². The highest BCUT2D eigenvalue weighted by molar-refractivity contribution is 5.93. The van der Waals surface area contributed by atoms with Crippen LogP contribution in [0.5, 0.6) is 0 Å². The molecule has 2 fully saturated rings. The third-order valence-corrected chi connectivity index (χ3v) is 5.18. The maximum absolute atomic E-state index is 12.4. The molecule has 4 rings (SSSR count). The summed E-state index contributed by atoms with van der Waals surface area (Å²) in [6.45, 7) is 3.48. The first-order chi connectivity index (χ1) is 12.1. The second-order valence-electron chi connectivity index (χ2n) is 7.19. The molecule has 0 aromatic carbocycles. The lowest BCUT2D eigenvalue weighted by atomic mass is 9.89. The highest BCUT2D eigenvalue weighted by Crippen LogP contribution is 2.35. The molecular formula is C18H24N4O3. The van der Waals surface area contributed by atoms with Crippen LogP contribution in [0.1, 0.15) is 35.2 Å². The van der Waals surface area contributed by atoms with Crippen molar-refractivity contribution in [3.63, 3.8) is 0 Å². The number of amides is 1. The van der Waals surface area contributed by atoms with Gasteiger partial charge in [-0.05, 0) is 25.3 Å². The molecule has 1 amide bonds. The molecule has 0 saturated carbocycles. The number of carbonyl (C=O) groups excluding carboxylic acids is 1. The van der Waals surface area contributed by atoms with Crippen molar-refractivity contribution in [2.24, 2.45) is 7.05 Å². The number of ether oxygens (including phenoxy) is 1. The van der Waals surface area contributed by atoms with Crippen LogP contribution in [0.25, 0.3) is 0 Å². The Hall–Kier alpha value is -2.12. The lowest BCUT2D eigenvalue weighted by Crippen LogP contribution is -2.49. The fourth-order valence-electron chi connectivity index (χ4n) is 3.95. The average molecular weight is 344 g/mol. The van der Waals surface area contributed by atoms with Crippen LogP contribution in [0.2, 0.25) is 0 Å². The standard InChI is InChI=1S/C18H24N4O3/c1-21-11-15(9-19-21)17(23)20-16-3-7-25-18(8-16)4-5-22(13-18)10-14-2-6-24-12-14/h2,6,9,11-12,16H,3-5,7-8,10,13H2,1H3,(H,20,23)/t16-,18-/m1/s1. The minimum absolute atomic E-state index is 0.0524.